The minimum Gasteiger partial charge on any atom is -0.399 e. The number of rotatable bonds is 2. The predicted molar refractivity (Wildman–Crippen MR) is 193 cm³/mol. The van der Waals surface area contributed by atoms with Crippen LogP contribution in [-0.4, -0.2) is 19.9 Å². The molecular weight excluding hydrogens is 562 g/mol. The molecular formula is C41H31N5. The van der Waals surface area contributed by atoms with E-state index in [1.807, 2.05) is 43.3 Å². The van der Waals surface area contributed by atoms with Crippen molar-refractivity contribution in [2.24, 2.45) is 0 Å². The van der Waals surface area contributed by atoms with Crippen molar-refractivity contribution in [2.45, 2.75) is 6.92 Å². The minimum atomic E-state index is 0.779. The molecule has 0 saturated heterocycles. The van der Waals surface area contributed by atoms with Crippen molar-refractivity contribution in [3.05, 3.63) is 150 Å². The van der Waals surface area contributed by atoms with Crippen molar-refractivity contribution in [1.82, 2.24) is 19.9 Å². The Kier molecular flexibility index (Phi) is 7.84. The first-order valence-electron chi connectivity index (χ1n) is 15.1. The number of nitrogens with zero attached hydrogens (tertiary/aromatic N) is 2. The Balaban J connectivity index is 0.000000291. The molecule has 3 aromatic heterocycles. The molecule has 2 aliphatic heterocycles. The summed E-state index contributed by atoms with van der Waals surface area (Å²) in [5.74, 6) is 5.74. The average molecular weight is 594 g/mol. The van der Waals surface area contributed by atoms with Crippen molar-refractivity contribution in [3.63, 3.8) is 0 Å². The molecule has 220 valence electrons. The number of nitrogens with one attached hydrogen (secondary N) is 2. The summed E-state index contributed by atoms with van der Waals surface area (Å²) in [7, 11) is 0. The lowest BCUT2D eigenvalue weighted by Gasteiger charge is -2.03. The van der Waals surface area contributed by atoms with Crippen molar-refractivity contribution in [1.29, 1.82) is 0 Å². The van der Waals surface area contributed by atoms with Crippen LogP contribution in [0.25, 0.3) is 68.6 Å². The number of aromatic amines is 2. The normalized spacial score (nSPS) is 11.3. The molecule has 0 aliphatic carbocycles. The second-order valence-electron chi connectivity index (χ2n) is 10.9. The number of hydrogen-bond acceptors (Lipinski definition) is 3. The van der Waals surface area contributed by atoms with E-state index in [0.29, 0.717) is 0 Å². The number of nitrogens with two attached hydrogens (primary N) is 1. The molecule has 5 heterocycles. The van der Waals surface area contributed by atoms with E-state index in [1.165, 1.54) is 0 Å². The van der Waals surface area contributed by atoms with Gasteiger partial charge >= 0.3 is 0 Å². The van der Waals surface area contributed by atoms with Gasteiger partial charge in [0.1, 0.15) is 0 Å². The molecule has 0 radical (unpaired) electrons. The molecule has 0 saturated carbocycles. The Hall–Kier alpha value is -6.38. The molecule has 0 unspecified atom stereocenters. The maximum Gasteiger partial charge on any atom is 0.0736 e. The Bertz CT molecular complexity index is 2180. The number of nitrogen functional groups attached to an aromatic ring is 1. The monoisotopic (exact) mass is 593 g/mol. The molecule has 46 heavy (non-hydrogen) atoms. The quantitative estimate of drug-likeness (QED) is 0.138. The van der Waals surface area contributed by atoms with Crippen LogP contribution in [0, 0.1) is 11.8 Å². The zero-order chi connectivity index (χ0) is 31.3. The maximum absolute atomic E-state index is 5.47. The fourth-order valence-corrected chi connectivity index (χ4v) is 5.60. The van der Waals surface area contributed by atoms with Gasteiger partial charge in [-0.15, -0.1) is 5.92 Å². The van der Waals surface area contributed by atoms with E-state index in [-0.39, 0.29) is 0 Å². The molecule has 6 aromatic rings. The number of aromatic nitrogens is 4. The zero-order valence-corrected chi connectivity index (χ0v) is 25.3. The maximum atomic E-state index is 5.47. The summed E-state index contributed by atoms with van der Waals surface area (Å²) in [5.41, 5.74) is 19.4. The summed E-state index contributed by atoms with van der Waals surface area (Å²) in [4.78, 5) is 17.2. The fourth-order valence-electron chi connectivity index (χ4n) is 5.60. The lowest BCUT2D eigenvalue weighted by atomic mass is 10.0. The van der Waals surface area contributed by atoms with Crippen LogP contribution in [0.2, 0.25) is 0 Å². The minimum absolute atomic E-state index is 0.779. The topological polar surface area (TPSA) is 83.4 Å². The first-order chi connectivity index (χ1) is 22.6. The zero-order valence-electron chi connectivity index (χ0n) is 25.3. The highest BCUT2D eigenvalue weighted by atomic mass is 14.8. The highest BCUT2D eigenvalue weighted by Crippen LogP contribution is 2.32. The Labute approximate surface area is 267 Å². The van der Waals surface area contributed by atoms with Gasteiger partial charge in [0, 0.05) is 44.4 Å². The van der Waals surface area contributed by atoms with Gasteiger partial charge in [0.25, 0.3) is 0 Å². The van der Waals surface area contributed by atoms with E-state index < -0.39 is 0 Å². The van der Waals surface area contributed by atoms with E-state index in [4.69, 9.17) is 15.7 Å². The van der Waals surface area contributed by atoms with Crippen LogP contribution >= 0.6 is 0 Å². The molecule has 8 bridgehead atoms. The molecule has 0 amide bonds. The standard InChI is InChI=1S/C32H22N4.C9H9N/c1-3-7-21(8-4-1)31-27-15-11-23(33-27)19-25-13-17-29(35-25)32(22-9-5-2-6-10-22)30-18-14-26(36-30)20-24-12-16-28(31)34-24;1-2-3-8-4-6-9(10)7-5-8/h1-20,33,36H;4-7H,10H2,1H3. The molecule has 0 spiro atoms. The highest BCUT2D eigenvalue weighted by molar-refractivity contribution is 5.93. The number of hydrogen-bond donors (Lipinski definition) is 3. The number of anilines is 1. The van der Waals surface area contributed by atoms with Gasteiger partial charge in [0.2, 0.25) is 0 Å². The van der Waals surface area contributed by atoms with E-state index in [9.17, 15) is 0 Å². The predicted octanol–water partition coefficient (Wildman–Crippen LogP) is 9.63. The van der Waals surface area contributed by atoms with Crippen molar-refractivity contribution in [3.8, 4) is 34.1 Å². The molecule has 0 atom stereocenters. The SMILES string of the molecule is C1=Cc2nc1cc1ccc([nH]1)c(-c1ccccc1)c1nc(cc3ccc([nH]3)c2-c2ccccc2)C=C1.CC#Cc1ccc(N)cc1. The van der Waals surface area contributed by atoms with E-state index >= 15 is 0 Å². The third-order valence-corrected chi connectivity index (χ3v) is 7.70. The van der Waals surface area contributed by atoms with Crippen LogP contribution in [0.5, 0.6) is 0 Å². The van der Waals surface area contributed by atoms with E-state index in [2.05, 4.69) is 131 Å². The number of benzene rings is 3. The van der Waals surface area contributed by atoms with Gasteiger partial charge in [-0.25, -0.2) is 9.97 Å². The Morgan fingerprint density at radius 3 is 1.48 bits per heavy atom. The summed E-state index contributed by atoms with van der Waals surface area (Å²) < 4.78 is 0. The Morgan fingerprint density at radius 2 is 1.02 bits per heavy atom. The summed E-state index contributed by atoms with van der Waals surface area (Å²) in [5, 5.41) is 0. The smallest absolute Gasteiger partial charge is 0.0736 e. The summed E-state index contributed by atoms with van der Waals surface area (Å²) >= 11 is 0. The molecule has 5 nitrogen and oxygen atoms in total. The largest absolute Gasteiger partial charge is 0.399 e. The fraction of sp³-hybridized carbons (Fsp3) is 0.0244. The lowest BCUT2D eigenvalue weighted by molar-refractivity contribution is 1.31. The third kappa shape index (κ3) is 6.14. The van der Waals surface area contributed by atoms with Gasteiger partial charge < -0.3 is 15.7 Å². The first kappa shape index (κ1) is 28.4. The molecule has 4 N–H and O–H groups in total. The van der Waals surface area contributed by atoms with Crippen LogP contribution in [0.3, 0.4) is 0 Å². The van der Waals surface area contributed by atoms with Gasteiger partial charge in [-0.2, -0.15) is 0 Å². The van der Waals surface area contributed by atoms with Crippen LogP contribution in [0.4, 0.5) is 5.69 Å². The van der Waals surface area contributed by atoms with Crippen LogP contribution in [0.1, 0.15) is 35.3 Å². The molecule has 3 aromatic carbocycles. The number of fused-ring (bicyclic) bond motifs is 8. The highest BCUT2D eigenvalue weighted by Gasteiger charge is 2.12. The van der Waals surface area contributed by atoms with Gasteiger partial charge in [0.05, 0.1) is 22.8 Å². The Morgan fingerprint density at radius 1 is 0.543 bits per heavy atom. The lowest BCUT2D eigenvalue weighted by Crippen LogP contribution is -1.85. The second kappa shape index (κ2) is 12.7. The van der Waals surface area contributed by atoms with Crippen LogP contribution in [-0.2, 0) is 0 Å². The second-order valence-corrected chi connectivity index (χ2v) is 10.9. The van der Waals surface area contributed by atoms with E-state index in [0.717, 1.165) is 78.3 Å². The van der Waals surface area contributed by atoms with Crippen molar-refractivity contribution in [2.75, 3.05) is 5.73 Å². The van der Waals surface area contributed by atoms with Crippen LogP contribution < -0.4 is 5.73 Å². The van der Waals surface area contributed by atoms with Crippen LogP contribution in [0.15, 0.2) is 121 Å². The van der Waals surface area contributed by atoms with Crippen molar-refractivity contribution < 1.29 is 0 Å². The number of H-pyrrole nitrogens is 2. The first-order valence-corrected chi connectivity index (χ1v) is 15.1. The van der Waals surface area contributed by atoms with Gasteiger partial charge in [0.15, 0.2) is 0 Å². The van der Waals surface area contributed by atoms with Gasteiger partial charge in [-0.05, 0) is 103 Å². The molecule has 8 rings (SSSR count). The van der Waals surface area contributed by atoms with Gasteiger partial charge in [-0.3, -0.25) is 0 Å². The molecule has 5 heteroatoms. The van der Waals surface area contributed by atoms with E-state index in [1.54, 1.807) is 0 Å². The van der Waals surface area contributed by atoms with Crippen molar-refractivity contribution >= 4 is 52.1 Å². The summed E-state index contributed by atoms with van der Waals surface area (Å²) in [6, 6.07) is 40.9. The summed E-state index contributed by atoms with van der Waals surface area (Å²) in [6.45, 7) is 1.82. The molecule has 0 fully saturated rings. The molecule has 2 aliphatic rings. The summed E-state index contributed by atoms with van der Waals surface area (Å²) in [6.07, 6.45) is 8.32. The third-order valence-electron chi connectivity index (χ3n) is 7.70. The average Bonchev–Trinajstić information content (AvgIpc) is 3.91. The van der Waals surface area contributed by atoms with Gasteiger partial charge in [-0.1, -0.05) is 66.6 Å².